The molecular formula is C19H29N3O3S. The highest BCUT2D eigenvalue weighted by Gasteiger charge is 2.28. The van der Waals surface area contributed by atoms with Crippen molar-refractivity contribution in [2.75, 3.05) is 32.4 Å². The van der Waals surface area contributed by atoms with Crippen LogP contribution in [0.5, 0.6) is 0 Å². The molecule has 0 bridgehead atoms. The Labute approximate surface area is 156 Å². The van der Waals surface area contributed by atoms with Gasteiger partial charge in [-0.1, -0.05) is 30.3 Å². The van der Waals surface area contributed by atoms with Gasteiger partial charge in [-0.25, -0.2) is 17.5 Å². The van der Waals surface area contributed by atoms with Crippen LogP contribution in [0, 0.1) is 5.92 Å². The second-order valence-electron chi connectivity index (χ2n) is 7.51. The Hall–Kier alpha value is -1.60. The number of likely N-dealkylation sites (tertiary alicyclic amines) is 1. The smallest absolute Gasteiger partial charge is 0.317 e. The zero-order valence-electron chi connectivity index (χ0n) is 15.4. The van der Waals surface area contributed by atoms with Crippen LogP contribution in [-0.4, -0.2) is 62.1 Å². The summed E-state index contributed by atoms with van der Waals surface area (Å²) in [5.41, 5.74) is 1.37. The van der Waals surface area contributed by atoms with Crippen LogP contribution >= 0.6 is 0 Å². The number of hydrogen-bond donors (Lipinski definition) is 1. The molecule has 2 saturated heterocycles. The van der Waals surface area contributed by atoms with Crippen LogP contribution in [0.3, 0.4) is 0 Å². The van der Waals surface area contributed by atoms with E-state index in [2.05, 4.69) is 29.6 Å². The third-order valence-electron chi connectivity index (χ3n) is 5.52. The summed E-state index contributed by atoms with van der Waals surface area (Å²) >= 11 is 0. The van der Waals surface area contributed by atoms with Gasteiger partial charge in [0.25, 0.3) is 0 Å². The summed E-state index contributed by atoms with van der Waals surface area (Å²) in [6.07, 6.45) is 5.77. The summed E-state index contributed by atoms with van der Waals surface area (Å²) in [6.45, 7) is 2.57. The maximum atomic E-state index is 12.5. The molecule has 0 aliphatic carbocycles. The quantitative estimate of drug-likeness (QED) is 0.871. The molecule has 0 unspecified atom stereocenters. The van der Waals surface area contributed by atoms with Gasteiger partial charge in [0.2, 0.25) is 10.0 Å². The molecule has 2 heterocycles. The fourth-order valence-corrected chi connectivity index (χ4v) is 4.76. The molecule has 0 spiro atoms. The van der Waals surface area contributed by atoms with Crippen LogP contribution in [0.25, 0.3) is 0 Å². The molecule has 2 aliphatic heterocycles. The van der Waals surface area contributed by atoms with E-state index < -0.39 is 10.0 Å². The monoisotopic (exact) mass is 379 g/mol. The molecule has 2 amide bonds. The van der Waals surface area contributed by atoms with Crippen molar-refractivity contribution in [2.24, 2.45) is 5.92 Å². The van der Waals surface area contributed by atoms with Crippen molar-refractivity contribution in [3.8, 4) is 0 Å². The molecule has 7 heteroatoms. The fraction of sp³-hybridized carbons (Fsp3) is 0.632. The molecule has 144 valence electrons. The predicted molar refractivity (Wildman–Crippen MR) is 102 cm³/mol. The number of piperidine rings is 2. The second kappa shape index (κ2) is 8.39. The number of carbonyl (C=O) groups excluding carboxylic acids is 1. The summed E-state index contributed by atoms with van der Waals surface area (Å²) in [7, 11) is -3.12. The van der Waals surface area contributed by atoms with Crippen molar-refractivity contribution in [3.05, 3.63) is 35.9 Å². The number of benzene rings is 1. The van der Waals surface area contributed by atoms with Gasteiger partial charge in [-0.05, 0) is 43.6 Å². The average molecular weight is 380 g/mol. The molecule has 3 rings (SSSR count). The van der Waals surface area contributed by atoms with E-state index in [9.17, 15) is 13.2 Å². The number of rotatable bonds is 4. The Morgan fingerprint density at radius 1 is 1.04 bits per heavy atom. The number of nitrogens with zero attached hydrogens (tertiary/aromatic N) is 2. The first-order chi connectivity index (χ1) is 12.4. The van der Waals surface area contributed by atoms with E-state index in [-0.39, 0.29) is 12.1 Å². The van der Waals surface area contributed by atoms with Crippen LogP contribution in [-0.2, 0) is 16.4 Å². The largest absolute Gasteiger partial charge is 0.335 e. The number of amides is 2. The minimum Gasteiger partial charge on any atom is -0.335 e. The number of sulfonamides is 1. The minimum atomic E-state index is -3.12. The summed E-state index contributed by atoms with van der Waals surface area (Å²) in [6, 6.07) is 10.6. The molecule has 0 atom stereocenters. The molecule has 2 aliphatic rings. The van der Waals surface area contributed by atoms with Gasteiger partial charge in [-0.2, -0.15) is 0 Å². The Kier molecular flexibility index (Phi) is 6.19. The van der Waals surface area contributed by atoms with Crippen molar-refractivity contribution >= 4 is 16.1 Å². The molecular weight excluding hydrogens is 350 g/mol. The zero-order chi connectivity index (χ0) is 18.6. The summed E-state index contributed by atoms with van der Waals surface area (Å²) in [4.78, 5) is 14.4. The van der Waals surface area contributed by atoms with Crippen molar-refractivity contribution in [3.63, 3.8) is 0 Å². The number of nitrogens with one attached hydrogen (secondary N) is 1. The SMILES string of the molecule is CS(=O)(=O)N1CCC(NC(=O)N2CCC(Cc3ccccc3)CC2)CC1. The first kappa shape index (κ1) is 19.2. The van der Waals surface area contributed by atoms with E-state index in [1.807, 2.05) is 11.0 Å². The average Bonchev–Trinajstić information content (AvgIpc) is 2.63. The first-order valence-electron chi connectivity index (χ1n) is 9.46. The van der Waals surface area contributed by atoms with Crippen molar-refractivity contribution in [2.45, 2.75) is 38.1 Å². The lowest BCUT2D eigenvalue weighted by Crippen LogP contribution is -2.51. The lowest BCUT2D eigenvalue weighted by molar-refractivity contribution is 0.162. The van der Waals surface area contributed by atoms with Crippen LogP contribution in [0.4, 0.5) is 4.79 Å². The van der Waals surface area contributed by atoms with Gasteiger partial charge in [0.1, 0.15) is 0 Å². The van der Waals surface area contributed by atoms with Gasteiger partial charge in [0.15, 0.2) is 0 Å². The zero-order valence-corrected chi connectivity index (χ0v) is 16.2. The van der Waals surface area contributed by atoms with Crippen molar-refractivity contribution in [1.82, 2.24) is 14.5 Å². The highest BCUT2D eigenvalue weighted by Crippen LogP contribution is 2.22. The molecule has 2 fully saturated rings. The van der Waals surface area contributed by atoms with E-state index >= 15 is 0 Å². The van der Waals surface area contributed by atoms with Crippen LogP contribution in [0.15, 0.2) is 30.3 Å². The van der Waals surface area contributed by atoms with Crippen molar-refractivity contribution in [1.29, 1.82) is 0 Å². The van der Waals surface area contributed by atoms with E-state index in [0.29, 0.717) is 31.8 Å². The van der Waals surface area contributed by atoms with Crippen LogP contribution in [0.1, 0.15) is 31.2 Å². The first-order valence-corrected chi connectivity index (χ1v) is 11.3. The van der Waals surface area contributed by atoms with E-state index in [4.69, 9.17) is 0 Å². The maximum Gasteiger partial charge on any atom is 0.317 e. The van der Waals surface area contributed by atoms with Gasteiger partial charge in [-0.15, -0.1) is 0 Å². The molecule has 6 nitrogen and oxygen atoms in total. The van der Waals surface area contributed by atoms with Crippen LogP contribution < -0.4 is 5.32 Å². The Morgan fingerprint density at radius 2 is 1.65 bits per heavy atom. The molecule has 0 radical (unpaired) electrons. The summed E-state index contributed by atoms with van der Waals surface area (Å²) < 4.78 is 24.6. The summed E-state index contributed by atoms with van der Waals surface area (Å²) in [5, 5.41) is 3.09. The van der Waals surface area contributed by atoms with Gasteiger partial charge in [0, 0.05) is 32.2 Å². The van der Waals surface area contributed by atoms with Gasteiger partial charge in [-0.3, -0.25) is 0 Å². The van der Waals surface area contributed by atoms with E-state index in [1.165, 1.54) is 16.1 Å². The third kappa shape index (κ3) is 5.20. The maximum absolute atomic E-state index is 12.5. The molecule has 26 heavy (non-hydrogen) atoms. The summed E-state index contributed by atoms with van der Waals surface area (Å²) in [5.74, 6) is 0.638. The van der Waals surface area contributed by atoms with Gasteiger partial charge in [0.05, 0.1) is 6.26 Å². The minimum absolute atomic E-state index is 0.000895. The Bertz CT molecular complexity index is 692. The van der Waals surface area contributed by atoms with Gasteiger partial charge < -0.3 is 10.2 Å². The number of urea groups is 1. The van der Waals surface area contributed by atoms with E-state index in [0.717, 1.165) is 32.4 Å². The standard InChI is InChI=1S/C19H29N3O3S/c1-26(24,25)22-13-9-18(10-14-22)20-19(23)21-11-7-17(8-12-21)15-16-5-3-2-4-6-16/h2-6,17-18H,7-15H2,1H3,(H,20,23). The predicted octanol–water partition coefficient (Wildman–Crippen LogP) is 2.07. The molecule has 0 aromatic heterocycles. The Morgan fingerprint density at radius 3 is 2.23 bits per heavy atom. The fourth-order valence-electron chi connectivity index (χ4n) is 3.89. The normalized spacial score (nSPS) is 20.9. The highest BCUT2D eigenvalue weighted by atomic mass is 32.2. The molecule has 1 aromatic carbocycles. The third-order valence-corrected chi connectivity index (χ3v) is 6.82. The number of carbonyl (C=O) groups is 1. The molecule has 0 saturated carbocycles. The Balaban J connectivity index is 1.40. The van der Waals surface area contributed by atoms with Crippen molar-refractivity contribution < 1.29 is 13.2 Å². The topological polar surface area (TPSA) is 69.7 Å². The molecule has 1 N–H and O–H groups in total. The molecule has 1 aromatic rings. The lowest BCUT2D eigenvalue weighted by Gasteiger charge is -2.35. The van der Waals surface area contributed by atoms with Gasteiger partial charge >= 0.3 is 6.03 Å². The van der Waals surface area contributed by atoms with E-state index in [1.54, 1.807) is 0 Å². The second-order valence-corrected chi connectivity index (χ2v) is 9.49. The van der Waals surface area contributed by atoms with Crippen LogP contribution in [0.2, 0.25) is 0 Å². The number of hydrogen-bond acceptors (Lipinski definition) is 3. The lowest BCUT2D eigenvalue weighted by atomic mass is 9.90. The highest BCUT2D eigenvalue weighted by molar-refractivity contribution is 7.88.